The Kier molecular flexibility index (Phi) is 6.26. The Morgan fingerprint density at radius 2 is 2.00 bits per heavy atom. The van der Waals surface area contributed by atoms with Crippen LogP contribution in [0.4, 0.5) is 16.2 Å². The molecule has 0 aliphatic heterocycles. The van der Waals surface area contributed by atoms with Gasteiger partial charge in [-0.1, -0.05) is 29.8 Å². The highest BCUT2D eigenvalue weighted by atomic mass is 79.9. The standard InChI is InChI=1S/C18H18BrClN2O4/c1-18(2,3)26-17(23)21(11-5-10-20)15-9-8-12-13(16(15)19)6-4-7-14(12)22(24)25/h4-10H,11H2,1-3H3/b10-5+. The molecule has 1 amide bonds. The summed E-state index contributed by atoms with van der Waals surface area (Å²) in [4.78, 5) is 24.8. The summed E-state index contributed by atoms with van der Waals surface area (Å²) in [6.45, 7) is 5.52. The molecule has 0 aromatic heterocycles. The largest absolute Gasteiger partial charge is 0.443 e. The Morgan fingerprint density at radius 1 is 1.31 bits per heavy atom. The van der Waals surface area contributed by atoms with Crippen molar-refractivity contribution >= 4 is 55.8 Å². The van der Waals surface area contributed by atoms with Gasteiger partial charge in [-0.15, -0.1) is 0 Å². The lowest BCUT2D eigenvalue weighted by atomic mass is 10.1. The number of halogens is 2. The minimum atomic E-state index is -0.665. The molecular formula is C18H18BrClN2O4. The molecule has 2 rings (SSSR count). The normalized spacial score (nSPS) is 11.7. The van der Waals surface area contributed by atoms with Crippen LogP contribution in [0.25, 0.3) is 10.8 Å². The zero-order valence-corrected chi connectivity index (χ0v) is 16.9. The van der Waals surface area contributed by atoms with Gasteiger partial charge in [0.1, 0.15) is 5.60 Å². The van der Waals surface area contributed by atoms with E-state index in [1.165, 1.54) is 16.5 Å². The monoisotopic (exact) mass is 440 g/mol. The maximum atomic E-state index is 12.6. The molecule has 2 aromatic carbocycles. The molecule has 0 saturated heterocycles. The molecule has 0 saturated carbocycles. The summed E-state index contributed by atoms with van der Waals surface area (Å²) >= 11 is 9.09. The molecule has 6 nitrogen and oxygen atoms in total. The van der Waals surface area contributed by atoms with E-state index in [0.717, 1.165) is 0 Å². The fourth-order valence-electron chi connectivity index (χ4n) is 2.39. The number of non-ortho nitro benzene ring substituents is 1. The van der Waals surface area contributed by atoms with E-state index < -0.39 is 16.6 Å². The molecule has 0 bridgehead atoms. The number of carbonyl (C=O) groups excluding carboxylic acids is 1. The Balaban J connectivity index is 2.58. The van der Waals surface area contributed by atoms with Gasteiger partial charge in [0.2, 0.25) is 0 Å². The molecule has 2 aromatic rings. The van der Waals surface area contributed by atoms with Gasteiger partial charge in [0.25, 0.3) is 5.69 Å². The number of ether oxygens (including phenoxy) is 1. The van der Waals surface area contributed by atoms with E-state index in [0.29, 0.717) is 20.9 Å². The molecule has 0 heterocycles. The predicted octanol–water partition coefficient (Wildman–Crippen LogP) is 6.00. The average molecular weight is 442 g/mol. The quantitative estimate of drug-likeness (QED) is 0.430. The summed E-state index contributed by atoms with van der Waals surface area (Å²) in [6.07, 6.45) is 1.06. The van der Waals surface area contributed by atoms with Gasteiger partial charge in [-0.25, -0.2) is 4.79 Å². The fraction of sp³-hybridized carbons (Fsp3) is 0.278. The summed E-state index contributed by atoms with van der Waals surface area (Å²) < 4.78 is 6.02. The highest BCUT2D eigenvalue weighted by Gasteiger charge is 2.25. The molecule has 0 unspecified atom stereocenters. The van der Waals surface area contributed by atoms with E-state index in [9.17, 15) is 14.9 Å². The molecule has 26 heavy (non-hydrogen) atoms. The van der Waals surface area contributed by atoms with Crippen molar-refractivity contribution in [3.63, 3.8) is 0 Å². The Bertz CT molecular complexity index is 877. The molecule has 0 aliphatic rings. The molecule has 0 spiro atoms. The number of nitrogens with zero attached hydrogens (tertiary/aromatic N) is 2. The van der Waals surface area contributed by atoms with Gasteiger partial charge in [-0.3, -0.25) is 15.0 Å². The smallest absolute Gasteiger partial charge is 0.415 e. The van der Waals surface area contributed by atoms with E-state index in [1.807, 2.05) is 0 Å². The molecule has 0 atom stereocenters. The van der Waals surface area contributed by atoms with Crippen LogP contribution in [0, 0.1) is 10.1 Å². The topological polar surface area (TPSA) is 72.7 Å². The van der Waals surface area contributed by atoms with Crippen LogP contribution in [0.2, 0.25) is 0 Å². The lowest BCUT2D eigenvalue weighted by molar-refractivity contribution is -0.383. The van der Waals surface area contributed by atoms with Crippen molar-refractivity contribution in [1.29, 1.82) is 0 Å². The minimum absolute atomic E-state index is 0.000720. The van der Waals surface area contributed by atoms with Gasteiger partial charge >= 0.3 is 6.09 Å². The van der Waals surface area contributed by atoms with Crippen molar-refractivity contribution in [2.24, 2.45) is 0 Å². The maximum absolute atomic E-state index is 12.6. The van der Waals surface area contributed by atoms with Crippen LogP contribution < -0.4 is 4.90 Å². The summed E-state index contributed by atoms with van der Waals surface area (Å²) in [5, 5.41) is 12.3. The lowest BCUT2D eigenvalue weighted by Gasteiger charge is -2.27. The van der Waals surface area contributed by atoms with E-state index in [2.05, 4.69) is 15.9 Å². The Hall–Kier alpha value is -2.12. The van der Waals surface area contributed by atoms with Crippen LogP contribution in [-0.2, 0) is 4.74 Å². The molecule has 0 fully saturated rings. The van der Waals surface area contributed by atoms with Crippen molar-refractivity contribution in [2.45, 2.75) is 26.4 Å². The average Bonchev–Trinajstić information content (AvgIpc) is 2.54. The van der Waals surface area contributed by atoms with Gasteiger partial charge in [-0.05, 0) is 48.8 Å². The number of amides is 1. The van der Waals surface area contributed by atoms with E-state index in [-0.39, 0.29) is 12.2 Å². The van der Waals surface area contributed by atoms with Crippen molar-refractivity contribution < 1.29 is 14.5 Å². The highest BCUT2D eigenvalue weighted by Crippen LogP contribution is 2.37. The first-order chi connectivity index (χ1) is 12.2. The number of rotatable bonds is 4. The summed E-state index contributed by atoms with van der Waals surface area (Å²) in [7, 11) is 0. The van der Waals surface area contributed by atoms with Crippen LogP contribution in [0.5, 0.6) is 0 Å². The number of hydrogen-bond acceptors (Lipinski definition) is 4. The van der Waals surface area contributed by atoms with Crippen LogP contribution in [0.15, 0.2) is 46.4 Å². The van der Waals surface area contributed by atoms with Crippen LogP contribution in [0.3, 0.4) is 0 Å². The van der Waals surface area contributed by atoms with Crippen molar-refractivity contribution in [3.05, 3.63) is 56.5 Å². The first-order valence-corrected chi connectivity index (χ1v) is 9.00. The first-order valence-electron chi connectivity index (χ1n) is 7.77. The Morgan fingerprint density at radius 3 is 2.58 bits per heavy atom. The number of carbonyl (C=O) groups is 1. The molecule has 0 N–H and O–H groups in total. The lowest BCUT2D eigenvalue weighted by Crippen LogP contribution is -2.37. The van der Waals surface area contributed by atoms with Crippen molar-refractivity contribution in [3.8, 4) is 0 Å². The zero-order valence-electron chi connectivity index (χ0n) is 14.5. The molecule has 8 heteroatoms. The van der Waals surface area contributed by atoms with Gasteiger partial charge < -0.3 is 4.74 Å². The second-order valence-corrected chi connectivity index (χ2v) is 7.53. The van der Waals surface area contributed by atoms with Gasteiger partial charge in [0.05, 0.1) is 16.0 Å². The predicted molar refractivity (Wildman–Crippen MR) is 107 cm³/mol. The second-order valence-electron chi connectivity index (χ2n) is 6.48. The molecule has 0 aliphatic carbocycles. The van der Waals surface area contributed by atoms with Gasteiger partial charge in [-0.2, -0.15) is 0 Å². The van der Waals surface area contributed by atoms with Gasteiger partial charge in [0.15, 0.2) is 0 Å². The summed E-state index contributed by atoms with van der Waals surface area (Å²) in [5.41, 5.74) is 1.18. The zero-order chi connectivity index (χ0) is 19.5. The van der Waals surface area contributed by atoms with Crippen molar-refractivity contribution in [1.82, 2.24) is 0 Å². The van der Waals surface area contributed by atoms with Crippen LogP contribution >= 0.6 is 27.5 Å². The number of nitro benzene ring substituents is 1. The summed E-state index contributed by atoms with van der Waals surface area (Å²) in [6, 6.07) is 8.06. The maximum Gasteiger partial charge on any atom is 0.415 e. The second kappa shape index (κ2) is 8.05. The third kappa shape index (κ3) is 4.53. The molecular weight excluding hydrogens is 424 g/mol. The fourth-order valence-corrected chi connectivity index (χ4v) is 3.17. The van der Waals surface area contributed by atoms with E-state index >= 15 is 0 Å². The SMILES string of the molecule is CC(C)(C)OC(=O)N(C/C=C/Cl)c1ccc2c([N+](=O)[O-])cccc2c1Br. The molecule has 0 radical (unpaired) electrons. The number of fused-ring (bicyclic) bond motifs is 1. The summed E-state index contributed by atoms with van der Waals surface area (Å²) in [5.74, 6) is 0. The number of benzene rings is 2. The number of nitro groups is 1. The highest BCUT2D eigenvalue weighted by molar-refractivity contribution is 9.10. The van der Waals surface area contributed by atoms with E-state index in [4.69, 9.17) is 16.3 Å². The minimum Gasteiger partial charge on any atom is -0.443 e. The van der Waals surface area contributed by atoms with Crippen LogP contribution in [0.1, 0.15) is 20.8 Å². The van der Waals surface area contributed by atoms with E-state index in [1.54, 1.807) is 51.1 Å². The Labute approximate surface area is 164 Å². The first kappa shape index (κ1) is 20.2. The molecule has 138 valence electrons. The number of hydrogen-bond donors (Lipinski definition) is 0. The number of anilines is 1. The van der Waals surface area contributed by atoms with Crippen LogP contribution in [-0.4, -0.2) is 23.2 Å². The van der Waals surface area contributed by atoms with Crippen molar-refractivity contribution in [2.75, 3.05) is 11.4 Å². The van der Waals surface area contributed by atoms with Gasteiger partial charge in [0, 0.05) is 28.0 Å². The third-order valence-electron chi connectivity index (χ3n) is 3.43. The third-order valence-corrected chi connectivity index (χ3v) is 4.44.